The molecule has 2 unspecified atom stereocenters. The van der Waals surface area contributed by atoms with Crippen molar-refractivity contribution >= 4 is 123 Å². The Bertz CT molecular complexity index is 3830. The fourth-order valence-corrected chi connectivity index (χ4v) is 13.8. The number of fused-ring (bicyclic) bond motifs is 5. The van der Waals surface area contributed by atoms with Crippen LogP contribution in [0.3, 0.4) is 0 Å². The number of aromatic nitrogens is 1. The van der Waals surface area contributed by atoms with Gasteiger partial charge in [-0.1, -0.05) is 82.1 Å². The van der Waals surface area contributed by atoms with Gasteiger partial charge in [-0.3, -0.25) is 81.6 Å². The molecule has 580 valence electrons. The van der Waals surface area contributed by atoms with E-state index in [4.69, 9.17) is 4.74 Å². The number of carbonyl (C=O) groups excluding carboxylic acids is 16. The lowest BCUT2D eigenvalue weighted by molar-refractivity contribution is -0.148. The SMILES string of the molecule is CC[C@H](C)[C@H]1NC(=O)CCC(=O)C2CC(=O)[C@@H]([C@@H](C)[C@@H](O)CO)NC(=O)[C@H]3C[C@H](OC(=O)N(C)CCN(C)C(=O)CNC(=O)[C@@H](Cc4ccccc4)NC(=O)CNC(=O)CNC(=O)CCCCCN4C(=O)C=CC4=O)CN3C(=O)[C@H](CC(=O)O)CC(=O)C(CSc3[nH]c4ccccc4c3C2)NC(=O)CNC1=O. The molecule has 1 saturated heterocycles. The topological polar surface area (TPSA) is 485 Å². The highest BCUT2D eigenvalue weighted by molar-refractivity contribution is 7.99. The van der Waals surface area contributed by atoms with Crippen LogP contribution in [0.1, 0.15) is 103 Å². The maximum atomic E-state index is 15.1. The number of benzene rings is 2. The highest BCUT2D eigenvalue weighted by Crippen LogP contribution is 2.35. The number of aliphatic hydroxyl groups excluding tert-OH is 2. The standard InChI is InChI=1S/C72H95N13O21S/c1-6-40(2)65-69(103)75-35-60(95)78-50-39-107-70-47(46-17-12-13-18-48(46)79-70)28-43(52(87)20-21-57(92)80-65)29-54(89)66(41(3)55(90)38-86)81-68(102)51-32-45(37-85(51)71(104)44(30-53(50)88)31-64(99)100)106-72(105)83(5)26-25-82(4)63(98)36-76-67(101)49(27-42-15-9-7-10-16-42)77-59(94)34-74-58(93)33-73-56(91)19-11-8-14-24-84-61(96)22-23-62(84)97/h7,9-10,12-13,15-18,22-23,40-41,43-45,49-51,55,65-66,79,86,90H,6,8,11,14,19-21,24-39H2,1-5H3,(H,73,91)(H,74,93)(H,75,103)(H,76,101)(H,77,94)(H,78,95)(H,80,92)(H,81,102)(H,99,100)/t40-,41-,43?,44-,45-,49+,50?,51+,55-,65+,66+/m0/s1. The Morgan fingerprint density at radius 2 is 1.40 bits per heavy atom. The van der Waals surface area contributed by atoms with E-state index in [2.05, 4.69) is 47.5 Å². The summed E-state index contributed by atoms with van der Waals surface area (Å²) in [5.74, 6) is -17.6. The number of rotatable bonds is 27. The fraction of sp³-hybridized carbons (Fsp3) is 0.542. The molecule has 0 aliphatic carbocycles. The highest BCUT2D eigenvalue weighted by atomic mass is 32.2. The lowest BCUT2D eigenvalue weighted by Gasteiger charge is -2.32. The fourth-order valence-electron chi connectivity index (χ4n) is 12.7. The minimum atomic E-state index is -1.77. The van der Waals surface area contributed by atoms with Crippen molar-refractivity contribution in [1.82, 2.24) is 67.1 Å². The molecule has 35 heteroatoms. The van der Waals surface area contributed by atoms with Crippen LogP contribution >= 0.6 is 11.8 Å². The first-order valence-electron chi connectivity index (χ1n) is 35.6. The molecule has 4 aliphatic heterocycles. The molecule has 0 saturated carbocycles. The Labute approximate surface area is 621 Å². The number of para-hydroxylation sites is 1. The van der Waals surface area contributed by atoms with Gasteiger partial charge in [0.1, 0.15) is 30.0 Å². The van der Waals surface area contributed by atoms with Gasteiger partial charge in [-0.2, -0.15) is 0 Å². The molecule has 5 heterocycles. The second-order valence-electron chi connectivity index (χ2n) is 27.2. The summed E-state index contributed by atoms with van der Waals surface area (Å²) in [4.78, 5) is 239. The van der Waals surface area contributed by atoms with Gasteiger partial charge in [-0.15, -0.1) is 11.8 Å². The van der Waals surface area contributed by atoms with Crippen molar-refractivity contribution in [3.63, 3.8) is 0 Å². The van der Waals surface area contributed by atoms with E-state index in [9.17, 15) is 82.4 Å². The first kappa shape index (κ1) is 83.8. The zero-order valence-corrected chi connectivity index (χ0v) is 61.2. The summed E-state index contributed by atoms with van der Waals surface area (Å²) in [6, 6.07) is 8.11. The lowest BCUT2D eigenvalue weighted by Crippen LogP contribution is -2.56. The average molecular weight is 1510 g/mol. The third-order valence-electron chi connectivity index (χ3n) is 19.3. The molecule has 34 nitrogen and oxygen atoms in total. The van der Waals surface area contributed by atoms with E-state index in [1.54, 1.807) is 68.4 Å². The second-order valence-corrected chi connectivity index (χ2v) is 28.2. The van der Waals surface area contributed by atoms with Crippen LogP contribution in [0, 0.1) is 23.7 Å². The summed E-state index contributed by atoms with van der Waals surface area (Å²) in [6.07, 6.45) is -3.99. The summed E-state index contributed by atoms with van der Waals surface area (Å²) < 4.78 is 5.87. The quantitative estimate of drug-likeness (QED) is 0.0304. The number of ketones is 3. The Kier molecular flexibility index (Phi) is 31.6. The van der Waals surface area contributed by atoms with Crippen LogP contribution in [0.5, 0.6) is 0 Å². The van der Waals surface area contributed by atoms with E-state index in [1.807, 2.05) is 0 Å². The monoisotopic (exact) mass is 1510 g/mol. The molecule has 107 heavy (non-hydrogen) atoms. The van der Waals surface area contributed by atoms with Crippen molar-refractivity contribution < 1.29 is 102 Å². The number of hydrogen-bond donors (Lipinski definition) is 12. The van der Waals surface area contributed by atoms with Gasteiger partial charge in [-0.05, 0) is 42.4 Å². The minimum Gasteiger partial charge on any atom is -0.481 e. The molecule has 1 fully saturated rings. The normalized spacial score (nSPS) is 21.8. The van der Waals surface area contributed by atoms with Crippen LogP contribution in [0.15, 0.2) is 71.8 Å². The number of nitrogens with zero attached hydrogens (tertiary/aromatic N) is 4. The van der Waals surface area contributed by atoms with Crippen LogP contribution in [0.25, 0.3) is 10.9 Å². The summed E-state index contributed by atoms with van der Waals surface area (Å²) in [7, 11) is 2.67. The molecule has 13 amide bonds. The number of carboxylic acid groups (broad SMARTS) is 1. The van der Waals surface area contributed by atoms with Crippen LogP contribution in [-0.2, 0) is 94.3 Å². The Morgan fingerprint density at radius 1 is 0.720 bits per heavy atom. The summed E-state index contributed by atoms with van der Waals surface area (Å²) in [6.45, 7) is 0.743. The number of aliphatic carboxylic acids is 1. The number of aliphatic hydroxyl groups is 2. The lowest BCUT2D eigenvalue weighted by atomic mass is 9.83. The Morgan fingerprint density at radius 3 is 2.10 bits per heavy atom. The molecular weight excluding hydrogens is 1410 g/mol. The van der Waals surface area contributed by atoms with E-state index in [-0.39, 0.29) is 44.6 Å². The van der Waals surface area contributed by atoms with Gasteiger partial charge in [0.05, 0.1) is 74.9 Å². The number of H-pyrrole nitrogens is 1. The predicted molar refractivity (Wildman–Crippen MR) is 382 cm³/mol. The van der Waals surface area contributed by atoms with Crippen LogP contribution in [0.4, 0.5) is 4.79 Å². The van der Waals surface area contributed by atoms with E-state index in [0.717, 1.165) is 26.5 Å². The number of ether oxygens (including phenoxy) is 1. The second kappa shape index (κ2) is 40.3. The average Bonchev–Trinajstić information content (AvgIpc) is 1.66. The van der Waals surface area contributed by atoms with Crippen molar-refractivity contribution in [1.29, 1.82) is 0 Å². The zero-order valence-electron chi connectivity index (χ0n) is 60.4. The van der Waals surface area contributed by atoms with Crippen molar-refractivity contribution in [2.24, 2.45) is 23.7 Å². The molecule has 0 spiro atoms. The molecule has 3 aromatic rings. The Hall–Kier alpha value is -10.4. The molecular formula is C72H95N13O21S. The van der Waals surface area contributed by atoms with Gasteiger partial charge >= 0.3 is 12.1 Å². The molecule has 2 bridgehead atoms. The first-order valence-corrected chi connectivity index (χ1v) is 36.6. The number of thioether (sulfide) groups is 1. The summed E-state index contributed by atoms with van der Waals surface area (Å²) in [5.41, 5.74) is 1.68. The van der Waals surface area contributed by atoms with Crippen molar-refractivity contribution in [3.8, 4) is 0 Å². The van der Waals surface area contributed by atoms with Crippen molar-refractivity contribution in [2.75, 3.05) is 78.8 Å². The number of likely N-dealkylation sites (N-methyl/N-ethyl adjacent to an activating group) is 2. The van der Waals surface area contributed by atoms with E-state index < -0.39 is 244 Å². The van der Waals surface area contributed by atoms with Gasteiger partial charge < -0.3 is 82.3 Å². The summed E-state index contributed by atoms with van der Waals surface area (Å²) >= 11 is 1.02. The largest absolute Gasteiger partial charge is 0.481 e. The van der Waals surface area contributed by atoms with Crippen LogP contribution in [0.2, 0.25) is 0 Å². The molecule has 11 atom stereocenters. The molecule has 2 aromatic carbocycles. The molecule has 1 aromatic heterocycles. The highest BCUT2D eigenvalue weighted by Gasteiger charge is 2.47. The van der Waals surface area contributed by atoms with Gasteiger partial charge in [0.2, 0.25) is 59.1 Å². The number of hydrogen-bond acceptors (Lipinski definition) is 21. The van der Waals surface area contributed by atoms with Gasteiger partial charge in [0.15, 0.2) is 11.6 Å². The number of carbonyl (C=O) groups is 17. The maximum Gasteiger partial charge on any atom is 0.409 e. The van der Waals surface area contributed by atoms with Gasteiger partial charge in [-0.25, -0.2) is 4.79 Å². The summed E-state index contributed by atoms with van der Waals surface area (Å²) in [5, 5.41) is 53.0. The van der Waals surface area contributed by atoms with E-state index >= 15 is 14.4 Å². The number of amides is 13. The smallest absolute Gasteiger partial charge is 0.409 e. The number of unbranched alkanes of at least 4 members (excludes halogenated alkanes) is 2. The molecule has 7 rings (SSSR count). The van der Waals surface area contributed by atoms with Crippen LogP contribution < -0.4 is 42.5 Å². The van der Waals surface area contributed by atoms with E-state index in [1.165, 1.54) is 38.1 Å². The number of carboxylic acids is 1. The van der Waals surface area contributed by atoms with Gasteiger partial charge in [0, 0.05) is 119 Å². The Balaban J connectivity index is 1.04. The zero-order chi connectivity index (χ0) is 78.2. The van der Waals surface area contributed by atoms with E-state index in [0.29, 0.717) is 52.7 Å². The molecule has 12 N–H and O–H groups in total. The number of Topliss-reactive ketones (excluding diaryl/α,β-unsaturated/α-hetero) is 3. The first-order chi connectivity index (χ1) is 50.9. The van der Waals surface area contributed by atoms with Gasteiger partial charge in [0.25, 0.3) is 11.8 Å². The maximum absolute atomic E-state index is 15.1. The number of nitrogens with one attached hydrogen (secondary N) is 9. The van der Waals surface area contributed by atoms with Crippen molar-refractivity contribution in [2.45, 2.75) is 152 Å². The van der Waals surface area contributed by atoms with Crippen LogP contribution in [-0.4, -0.2) is 261 Å². The number of imide groups is 1. The third-order valence-corrected chi connectivity index (χ3v) is 20.4. The third kappa shape index (κ3) is 24.6. The predicted octanol–water partition coefficient (Wildman–Crippen LogP) is -1.53. The molecule has 0 radical (unpaired) electrons. The number of aromatic amines is 1. The molecule has 4 aliphatic rings. The minimum absolute atomic E-state index is 0.0404. The van der Waals surface area contributed by atoms with Crippen molar-refractivity contribution in [3.05, 3.63) is 77.9 Å².